The van der Waals surface area contributed by atoms with Crippen molar-refractivity contribution < 1.29 is 13.2 Å². The highest BCUT2D eigenvalue weighted by Crippen LogP contribution is 2.51. The second-order valence-electron chi connectivity index (χ2n) is 13.3. The van der Waals surface area contributed by atoms with E-state index < -0.39 is 9.84 Å². The lowest BCUT2D eigenvalue weighted by Crippen LogP contribution is -2.40. The van der Waals surface area contributed by atoms with Gasteiger partial charge in [0, 0.05) is 6.26 Å². The van der Waals surface area contributed by atoms with Crippen molar-refractivity contribution in [2.45, 2.75) is 141 Å². The van der Waals surface area contributed by atoms with Crippen molar-refractivity contribution >= 4 is 9.84 Å². The summed E-state index contributed by atoms with van der Waals surface area (Å²) < 4.78 is 30.1. The van der Waals surface area contributed by atoms with Crippen molar-refractivity contribution in [3.8, 4) is 0 Å². The molecule has 4 saturated carbocycles. The van der Waals surface area contributed by atoms with Crippen LogP contribution in [0.4, 0.5) is 0 Å². The van der Waals surface area contributed by atoms with Gasteiger partial charge in [0.2, 0.25) is 0 Å². The monoisotopic (exact) mass is 480 g/mol. The van der Waals surface area contributed by atoms with E-state index in [1.54, 1.807) is 0 Å². The average Bonchev–Trinajstić information content (AvgIpc) is 2.80. The first-order chi connectivity index (χ1) is 15.6. The summed E-state index contributed by atoms with van der Waals surface area (Å²) in [7, 11) is -2.88. The van der Waals surface area contributed by atoms with Crippen LogP contribution in [0.3, 0.4) is 0 Å². The lowest BCUT2D eigenvalue weighted by molar-refractivity contribution is -0.0655. The molecule has 4 aliphatic carbocycles. The van der Waals surface area contributed by atoms with E-state index in [-0.39, 0.29) is 11.4 Å². The van der Waals surface area contributed by atoms with Crippen molar-refractivity contribution in [3.63, 3.8) is 0 Å². The molecule has 192 valence electrons. The van der Waals surface area contributed by atoms with Gasteiger partial charge in [-0.1, -0.05) is 33.6 Å². The smallest absolute Gasteiger partial charge is 0.150 e. The molecule has 0 bridgehead atoms. The molecule has 33 heavy (non-hydrogen) atoms. The van der Waals surface area contributed by atoms with E-state index >= 15 is 0 Å². The molecule has 0 saturated heterocycles. The van der Waals surface area contributed by atoms with E-state index in [1.165, 1.54) is 83.3 Å². The van der Waals surface area contributed by atoms with E-state index in [4.69, 9.17) is 4.74 Å². The Morgan fingerprint density at radius 1 is 0.606 bits per heavy atom. The number of ether oxygens (including phenoxy) is 1. The van der Waals surface area contributed by atoms with Gasteiger partial charge in [0.15, 0.2) is 0 Å². The largest absolute Gasteiger partial charge is 0.375 e. The topological polar surface area (TPSA) is 43.4 Å². The fraction of sp³-hybridized carbons (Fsp3) is 1.00. The Balaban J connectivity index is 1.19. The van der Waals surface area contributed by atoms with Crippen LogP contribution in [0.2, 0.25) is 0 Å². The second-order valence-corrected chi connectivity index (χ2v) is 15.6. The van der Waals surface area contributed by atoms with Crippen LogP contribution in [0.25, 0.3) is 0 Å². The summed E-state index contributed by atoms with van der Waals surface area (Å²) in [5.41, 5.74) is 0.463. The summed E-state index contributed by atoms with van der Waals surface area (Å²) in [6.45, 7) is 7.61. The molecule has 0 aromatic carbocycles. The molecule has 4 rings (SSSR count). The lowest BCUT2D eigenvalue weighted by atomic mass is 9.58. The Labute approximate surface area is 205 Å². The van der Waals surface area contributed by atoms with Gasteiger partial charge in [0.25, 0.3) is 0 Å². The maximum absolute atomic E-state index is 11.8. The normalized spacial score (nSPS) is 41.6. The highest BCUT2D eigenvalue weighted by Gasteiger charge is 2.42. The van der Waals surface area contributed by atoms with Gasteiger partial charge in [0.05, 0.1) is 17.5 Å². The van der Waals surface area contributed by atoms with Crippen LogP contribution >= 0.6 is 0 Å². The summed E-state index contributed by atoms with van der Waals surface area (Å²) in [5.74, 6) is 4.77. The Bertz CT molecular complexity index is 697. The van der Waals surface area contributed by atoms with Crippen LogP contribution in [0.1, 0.15) is 124 Å². The molecular formula is C29H52O3S. The molecule has 0 aromatic heterocycles. The molecule has 0 aliphatic heterocycles. The molecule has 0 atom stereocenters. The predicted molar refractivity (Wildman–Crippen MR) is 138 cm³/mol. The lowest BCUT2D eigenvalue weighted by Gasteiger charge is -2.48. The van der Waals surface area contributed by atoms with Gasteiger partial charge < -0.3 is 4.74 Å². The van der Waals surface area contributed by atoms with Crippen LogP contribution in [-0.4, -0.2) is 32.1 Å². The van der Waals surface area contributed by atoms with Gasteiger partial charge in [-0.3, -0.25) is 0 Å². The number of hydrogen-bond acceptors (Lipinski definition) is 3. The van der Waals surface area contributed by atoms with Gasteiger partial charge in [-0.05, 0) is 125 Å². The van der Waals surface area contributed by atoms with Crippen molar-refractivity contribution in [2.75, 3.05) is 6.26 Å². The van der Waals surface area contributed by atoms with Crippen LogP contribution in [-0.2, 0) is 14.6 Å². The van der Waals surface area contributed by atoms with Gasteiger partial charge in [-0.2, -0.15) is 0 Å². The van der Waals surface area contributed by atoms with E-state index in [9.17, 15) is 8.42 Å². The molecule has 0 unspecified atom stereocenters. The Morgan fingerprint density at radius 3 is 1.45 bits per heavy atom. The highest BCUT2D eigenvalue weighted by molar-refractivity contribution is 7.91. The maximum atomic E-state index is 11.8. The molecule has 0 aromatic rings. The minimum atomic E-state index is -2.88. The zero-order valence-electron chi connectivity index (χ0n) is 22.1. The van der Waals surface area contributed by atoms with Gasteiger partial charge in [0.1, 0.15) is 9.84 Å². The molecule has 4 aliphatic rings. The molecule has 0 heterocycles. The zero-order valence-corrected chi connectivity index (χ0v) is 22.9. The van der Waals surface area contributed by atoms with E-state index in [1.807, 2.05) is 0 Å². The summed E-state index contributed by atoms with van der Waals surface area (Å²) >= 11 is 0. The van der Waals surface area contributed by atoms with Crippen LogP contribution in [0, 0.1) is 35.0 Å². The molecule has 4 fully saturated rings. The minimum Gasteiger partial charge on any atom is -0.375 e. The SMILES string of the molecule is CC1CCC(C2CCC(C(C)(C)C3CCC(OC4CCC(S(C)(=O)=O)CC4)CC3)CC2)CC1. The number of sulfone groups is 1. The molecule has 0 amide bonds. The highest BCUT2D eigenvalue weighted by atomic mass is 32.2. The fourth-order valence-electron chi connectivity index (χ4n) is 8.24. The van der Waals surface area contributed by atoms with Crippen molar-refractivity contribution in [1.82, 2.24) is 0 Å². The summed E-state index contributed by atoms with van der Waals surface area (Å²) in [6, 6.07) is 0. The Morgan fingerprint density at radius 2 is 1.00 bits per heavy atom. The average molecular weight is 481 g/mol. The first kappa shape index (κ1) is 26.0. The second kappa shape index (κ2) is 10.9. The van der Waals surface area contributed by atoms with E-state index in [0.717, 1.165) is 55.3 Å². The van der Waals surface area contributed by atoms with Gasteiger partial charge in [-0.15, -0.1) is 0 Å². The first-order valence-corrected chi connectivity index (χ1v) is 16.4. The van der Waals surface area contributed by atoms with E-state index in [0.29, 0.717) is 11.5 Å². The molecule has 0 N–H and O–H groups in total. The molecular weight excluding hydrogens is 428 g/mol. The van der Waals surface area contributed by atoms with Gasteiger partial charge in [-0.25, -0.2) is 8.42 Å². The van der Waals surface area contributed by atoms with Crippen LogP contribution < -0.4 is 0 Å². The van der Waals surface area contributed by atoms with Gasteiger partial charge >= 0.3 is 0 Å². The fourth-order valence-corrected chi connectivity index (χ4v) is 9.37. The zero-order chi connectivity index (χ0) is 23.6. The quantitative estimate of drug-likeness (QED) is 0.393. The molecule has 0 spiro atoms. The predicted octanol–water partition coefficient (Wildman–Crippen LogP) is 7.58. The van der Waals surface area contributed by atoms with Crippen molar-refractivity contribution in [1.29, 1.82) is 0 Å². The van der Waals surface area contributed by atoms with Crippen molar-refractivity contribution in [2.24, 2.45) is 35.0 Å². The molecule has 3 nitrogen and oxygen atoms in total. The van der Waals surface area contributed by atoms with Crippen LogP contribution in [0.5, 0.6) is 0 Å². The Hall–Kier alpha value is -0.0900. The number of hydrogen-bond donors (Lipinski definition) is 0. The third-order valence-electron chi connectivity index (χ3n) is 10.9. The first-order valence-electron chi connectivity index (χ1n) is 14.5. The summed E-state index contributed by atoms with van der Waals surface area (Å²) in [6.07, 6.45) is 22.4. The standard InChI is InChI=1S/C29H52O3S/c1-21-5-7-22(8-6-21)23-9-11-24(12-10-23)29(2,3)25-13-15-26(16-14-25)32-27-17-19-28(20-18-27)33(4,30)31/h21-28H,5-20H2,1-4H3. The summed E-state index contributed by atoms with van der Waals surface area (Å²) in [4.78, 5) is 0. The summed E-state index contributed by atoms with van der Waals surface area (Å²) in [5, 5.41) is -0.134. The third-order valence-corrected chi connectivity index (χ3v) is 12.6. The van der Waals surface area contributed by atoms with Crippen LogP contribution in [0.15, 0.2) is 0 Å². The molecule has 4 heteroatoms. The van der Waals surface area contributed by atoms with E-state index in [2.05, 4.69) is 20.8 Å². The molecule has 0 radical (unpaired) electrons. The number of rotatable bonds is 6. The van der Waals surface area contributed by atoms with Crippen molar-refractivity contribution in [3.05, 3.63) is 0 Å². The Kier molecular flexibility index (Phi) is 8.58. The maximum Gasteiger partial charge on any atom is 0.150 e. The third kappa shape index (κ3) is 6.57. The minimum absolute atomic E-state index is 0.134.